The molecule has 84 valence electrons. The first kappa shape index (κ1) is 11.2. The van der Waals surface area contributed by atoms with Gasteiger partial charge in [-0.3, -0.25) is 10.1 Å². The highest BCUT2D eigenvalue weighted by atomic mass is 32.2. The van der Waals surface area contributed by atoms with Gasteiger partial charge < -0.3 is 4.42 Å². The Labute approximate surface area is 100 Å². The summed E-state index contributed by atoms with van der Waals surface area (Å²) in [7, 11) is 0. The summed E-state index contributed by atoms with van der Waals surface area (Å²) in [4.78, 5) is 14.6. The van der Waals surface area contributed by atoms with Crippen LogP contribution < -0.4 is 0 Å². The molecule has 0 amide bonds. The van der Waals surface area contributed by atoms with Gasteiger partial charge in [0.1, 0.15) is 6.26 Å². The second-order valence-corrected chi connectivity index (χ2v) is 3.94. The molecule has 0 N–H and O–H groups in total. The van der Waals surface area contributed by atoms with Crippen LogP contribution in [0.15, 0.2) is 45.2 Å². The smallest absolute Gasteiger partial charge is 0.284 e. The normalized spacial score (nSPS) is 9.82. The van der Waals surface area contributed by atoms with Crippen molar-refractivity contribution in [3.63, 3.8) is 0 Å². The van der Waals surface area contributed by atoms with Gasteiger partial charge in [0.2, 0.25) is 0 Å². The molecule has 7 heteroatoms. The standard InChI is InChI=1S/C10H5N3O3S/c11-6-7-1-2-9(8(5-7)13(14)15)17-10-12-3-4-16-10/h1-5H. The highest BCUT2D eigenvalue weighted by molar-refractivity contribution is 7.99. The number of nitrogens with zero attached hydrogens (tertiary/aromatic N) is 3. The molecule has 2 aromatic rings. The molecule has 0 saturated carbocycles. The number of oxazole rings is 1. The quantitative estimate of drug-likeness (QED) is 0.611. The number of benzene rings is 1. The van der Waals surface area contributed by atoms with Crippen molar-refractivity contribution < 1.29 is 9.34 Å². The minimum atomic E-state index is -0.536. The van der Waals surface area contributed by atoms with Crippen LogP contribution in [0.5, 0.6) is 0 Å². The van der Waals surface area contributed by atoms with Crippen LogP contribution in [0.1, 0.15) is 5.56 Å². The van der Waals surface area contributed by atoms with E-state index in [4.69, 9.17) is 9.68 Å². The van der Waals surface area contributed by atoms with Crippen molar-refractivity contribution in [2.45, 2.75) is 10.1 Å². The predicted octanol–water partition coefficient (Wildman–Crippen LogP) is 2.61. The van der Waals surface area contributed by atoms with Crippen LogP contribution in [0.2, 0.25) is 0 Å². The van der Waals surface area contributed by atoms with Crippen LogP contribution in [-0.4, -0.2) is 9.91 Å². The van der Waals surface area contributed by atoms with E-state index in [1.165, 1.54) is 30.7 Å². The second-order valence-electron chi connectivity index (χ2n) is 2.95. The predicted molar refractivity (Wildman–Crippen MR) is 58.4 cm³/mol. The van der Waals surface area contributed by atoms with Crippen molar-refractivity contribution in [2.75, 3.05) is 0 Å². The Hall–Kier alpha value is -2.33. The number of nitriles is 1. The summed E-state index contributed by atoms with van der Waals surface area (Å²) in [6, 6.07) is 6.10. The number of rotatable bonds is 3. The fourth-order valence-electron chi connectivity index (χ4n) is 1.17. The molecule has 17 heavy (non-hydrogen) atoms. The third-order valence-electron chi connectivity index (χ3n) is 1.89. The van der Waals surface area contributed by atoms with Gasteiger partial charge >= 0.3 is 0 Å². The van der Waals surface area contributed by atoms with Gasteiger partial charge in [-0.25, -0.2) is 4.98 Å². The molecule has 0 saturated heterocycles. The molecule has 0 spiro atoms. The summed E-state index contributed by atoms with van der Waals surface area (Å²) in [6.07, 6.45) is 2.84. The maximum absolute atomic E-state index is 10.9. The Bertz CT molecular complexity index is 589. The molecule has 0 atom stereocenters. The van der Waals surface area contributed by atoms with Gasteiger partial charge in [0.15, 0.2) is 0 Å². The molecule has 0 radical (unpaired) electrons. The monoisotopic (exact) mass is 247 g/mol. The van der Waals surface area contributed by atoms with E-state index in [9.17, 15) is 10.1 Å². The van der Waals surface area contributed by atoms with Crippen molar-refractivity contribution in [1.29, 1.82) is 5.26 Å². The first-order valence-corrected chi connectivity index (χ1v) is 5.28. The average molecular weight is 247 g/mol. The lowest BCUT2D eigenvalue weighted by Gasteiger charge is -1.99. The van der Waals surface area contributed by atoms with Crippen molar-refractivity contribution in [3.05, 3.63) is 46.3 Å². The zero-order valence-corrected chi connectivity index (χ0v) is 9.18. The van der Waals surface area contributed by atoms with E-state index in [0.29, 0.717) is 10.1 Å². The number of aromatic nitrogens is 1. The summed E-state index contributed by atoms with van der Waals surface area (Å²) in [5, 5.41) is 19.8. The van der Waals surface area contributed by atoms with Gasteiger partial charge in [-0.1, -0.05) is 0 Å². The first-order valence-electron chi connectivity index (χ1n) is 4.46. The fourth-order valence-corrected chi connectivity index (χ4v) is 1.95. The van der Waals surface area contributed by atoms with Crippen LogP contribution in [0, 0.1) is 21.4 Å². The first-order chi connectivity index (χ1) is 8.20. The van der Waals surface area contributed by atoms with Crippen molar-refractivity contribution in [1.82, 2.24) is 4.98 Å². The van der Waals surface area contributed by atoms with Gasteiger partial charge in [0, 0.05) is 6.07 Å². The SMILES string of the molecule is N#Cc1ccc(Sc2ncco2)c([N+](=O)[O-])c1. The molecule has 0 fully saturated rings. The summed E-state index contributed by atoms with van der Waals surface area (Å²) in [5.74, 6) is 0. The van der Waals surface area contributed by atoms with E-state index in [-0.39, 0.29) is 11.3 Å². The summed E-state index contributed by atoms with van der Waals surface area (Å²) in [5.41, 5.74) is 0.112. The van der Waals surface area contributed by atoms with Gasteiger partial charge in [0.05, 0.1) is 27.6 Å². The van der Waals surface area contributed by atoms with E-state index >= 15 is 0 Å². The molecule has 0 aliphatic heterocycles. The van der Waals surface area contributed by atoms with E-state index in [0.717, 1.165) is 11.8 Å². The Balaban J connectivity index is 2.40. The zero-order chi connectivity index (χ0) is 12.3. The molecular weight excluding hydrogens is 242 g/mol. The van der Waals surface area contributed by atoms with E-state index < -0.39 is 4.92 Å². The Morgan fingerprint density at radius 3 is 2.94 bits per heavy atom. The molecular formula is C10H5N3O3S. The van der Waals surface area contributed by atoms with E-state index in [2.05, 4.69) is 4.98 Å². The van der Waals surface area contributed by atoms with Gasteiger partial charge in [-0.15, -0.1) is 0 Å². The van der Waals surface area contributed by atoms with E-state index in [1.807, 2.05) is 6.07 Å². The van der Waals surface area contributed by atoms with Crippen LogP contribution in [-0.2, 0) is 0 Å². The molecule has 0 bridgehead atoms. The number of hydrogen-bond donors (Lipinski definition) is 0. The third kappa shape index (κ3) is 2.43. The Morgan fingerprint density at radius 2 is 2.35 bits per heavy atom. The largest absolute Gasteiger partial charge is 0.440 e. The molecule has 0 aliphatic carbocycles. The van der Waals surface area contributed by atoms with Gasteiger partial charge in [-0.2, -0.15) is 5.26 Å². The maximum Gasteiger partial charge on any atom is 0.284 e. The van der Waals surface area contributed by atoms with Gasteiger partial charge in [-0.05, 0) is 23.9 Å². The molecule has 1 aromatic carbocycles. The highest BCUT2D eigenvalue weighted by Crippen LogP contribution is 2.34. The van der Waals surface area contributed by atoms with Crippen LogP contribution in [0.4, 0.5) is 5.69 Å². The average Bonchev–Trinajstić information content (AvgIpc) is 2.82. The fraction of sp³-hybridized carbons (Fsp3) is 0. The second kappa shape index (κ2) is 4.67. The zero-order valence-electron chi connectivity index (χ0n) is 8.36. The van der Waals surface area contributed by atoms with Crippen LogP contribution >= 0.6 is 11.8 Å². The Morgan fingerprint density at radius 1 is 1.53 bits per heavy atom. The molecule has 0 unspecified atom stereocenters. The summed E-state index contributed by atoms with van der Waals surface area (Å²) >= 11 is 1.04. The lowest BCUT2D eigenvalue weighted by molar-refractivity contribution is -0.387. The minimum Gasteiger partial charge on any atom is -0.440 e. The molecule has 1 aromatic heterocycles. The molecule has 0 aliphatic rings. The minimum absolute atomic E-state index is 0.132. The molecule has 2 rings (SSSR count). The van der Waals surface area contributed by atoms with Crippen molar-refractivity contribution >= 4 is 17.4 Å². The van der Waals surface area contributed by atoms with Crippen LogP contribution in [0.3, 0.4) is 0 Å². The lowest BCUT2D eigenvalue weighted by atomic mass is 10.2. The Kier molecular flexibility index (Phi) is 3.07. The van der Waals surface area contributed by atoms with Crippen molar-refractivity contribution in [2.24, 2.45) is 0 Å². The third-order valence-corrected chi connectivity index (χ3v) is 2.83. The molecule has 6 nitrogen and oxygen atoms in total. The number of hydrogen-bond acceptors (Lipinski definition) is 6. The maximum atomic E-state index is 10.9. The van der Waals surface area contributed by atoms with E-state index in [1.54, 1.807) is 0 Å². The summed E-state index contributed by atoms with van der Waals surface area (Å²) in [6.45, 7) is 0. The summed E-state index contributed by atoms with van der Waals surface area (Å²) < 4.78 is 4.99. The number of nitro groups is 1. The number of nitro benzene ring substituents is 1. The highest BCUT2D eigenvalue weighted by Gasteiger charge is 2.17. The van der Waals surface area contributed by atoms with Gasteiger partial charge in [0.25, 0.3) is 10.9 Å². The van der Waals surface area contributed by atoms with Crippen molar-refractivity contribution in [3.8, 4) is 6.07 Å². The lowest BCUT2D eigenvalue weighted by Crippen LogP contribution is -1.91. The molecule has 1 heterocycles. The topological polar surface area (TPSA) is 93.0 Å². The van der Waals surface area contributed by atoms with Crippen LogP contribution in [0.25, 0.3) is 0 Å².